The maximum absolute atomic E-state index is 13.4. The number of cyclic esters (lactones) is 1. The molecule has 0 radical (unpaired) electrons. The molecule has 7 nitrogen and oxygen atoms in total. The Bertz CT molecular complexity index is 978. The van der Waals surface area contributed by atoms with E-state index in [1.54, 1.807) is 24.3 Å². The highest BCUT2D eigenvalue weighted by Crippen LogP contribution is 2.35. The first-order valence-corrected chi connectivity index (χ1v) is 11.1. The summed E-state index contributed by atoms with van der Waals surface area (Å²) in [5, 5.41) is 0. The summed E-state index contributed by atoms with van der Waals surface area (Å²) >= 11 is 0. The van der Waals surface area contributed by atoms with Crippen LogP contribution in [0.1, 0.15) is 25.5 Å². The van der Waals surface area contributed by atoms with Crippen LogP contribution in [0.15, 0.2) is 59.5 Å². The predicted octanol–water partition coefficient (Wildman–Crippen LogP) is 3.18. The van der Waals surface area contributed by atoms with E-state index in [4.69, 9.17) is 9.47 Å². The van der Waals surface area contributed by atoms with Crippen LogP contribution >= 0.6 is 0 Å². The van der Waals surface area contributed by atoms with Gasteiger partial charge in [0.1, 0.15) is 6.61 Å². The molecule has 0 bridgehead atoms. The van der Waals surface area contributed by atoms with Crippen molar-refractivity contribution in [3.63, 3.8) is 0 Å². The molecule has 2 aromatic carbocycles. The van der Waals surface area contributed by atoms with Crippen LogP contribution in [0, 0.1) is 0 Å². The van der Waals surface area contributed by atoms with Gasteiger partial charge in [-0.15, -0.1) is 0 Å². The zero-order chi connectivity index (χ0) is 20.6. The van der Waals surface area contributed by atoms with Crippen LogP contribution in [0.2, 0.25) is 0 Å². The molecular weight excluding hydrogens is 392 g/mol. The minimum absolute atomic E-state index is 0.196. The van der Waals surface area contributed by atoms with E-state index in [1.165, 1.54) is 9.21 Å². The van der Waals surface area contributed by atoms with Crippen molar-refractivity contribution in [3.05, 3.63) is 60.2 Å². The molecule has 2 saturated heterocycles. The van der Waals surface area contributed by atoms with Gasteiger partial charge in [-0.25, -0.2) is 13.2 Å². The average Bonchev–Trinajstić information content (AvgIpc) is 3.14. The third-order valence-electron chi connectivity index (χ3n) is 5.40. The van der Waals surface area contributed by atoms with Gasteiger partial charge in [0.15, 0.2) is 0 Å². The minimum atomic E-state index is -3.74. The van der Waals surface area contributed by atoms with Crippen LogP contribution in [-0.2, 0) is 19.5 Å². The fraction of sp³-hybridized carbons (Fsp3) is 0.381. The summed E-state index contributed by atoms with van der Waals surface area (Å²) in [6.07, 6.45) is -0.748. The molecule has 0 N–H and O–H groups in total. The average molecular weight is 416 g/mol. The zero-order valence-electron chi connectivity index (χ0n) is 16.4. The number of anilines is 1. The van der Waals surface area contributed by atoms with E-state index in [9.17, 15) is 13.2 Å². The van der Waals surface area contributed by atoms with Gasteiger partial charge in [-0.1, -0.05) is 30.3 Å². The van der Waals surface area contributed by atoms with Crippen molar-refractivity contribution >= 4 is 21.8 Å². The summed E-state index contributed by atoms with van der Waals surface area (Å²) in [6, 6.07) is 15.4. The lowest BCUT2D eigenvalue weighted by atomic mass is 10.0. The van der Waals surface area contributed by atoms with Crippen molar-refractivity contribution in [1.29, 1.82) is 0 Å². The topological polar surface area (TPSA) is 76.2 Å². The van der Waals surface area contributed by atoms with E-state index in [-0.39, 0.29) is 23.1 Å². The normalized spacial score (nSPS) is 25.8. The Morgan fingerprint density at radius 2 is 1.69 bits per heavy atom. The third-order valence-corrected chi connectivity index (χ3v) is 7.52. The number of ether oxygens (including phenoxy) is 2. The van der Waals surface area contributed by atoms with E-state index >= 15 is 0 Å². The Labute approximate surface area is 170 Å². The van der Waals surface area contributed by atoms with Crippen LogP contribution < -0.4 is 4.90 Å². The molecule has 1 amide bonds. The number of sulfonamides is 1. The van der Waals surface area contributed by atoms with Crippen LogP contribution in [0.25, 0.3) is 0 Å². The summed E-state index contributed by atoms with van der Waals surface area (Å²) in [7, 11) is -3.74. The number of hydrogen-bond donors (Lipinski definition) is 0. The van der Waals surface area contributed by atoms with Crippen LogP contribution in [0.5, 0.6) is 0 Å². The molecule has 2 fully saturated rings. The first-order valence-electron chi connectivity index (χ1n) is 9.64. The molecule has 2 aromatic rings. The molecule has 4 rings (SSSR count). The molecule has 0 unspecified atom stereocenters. The fourth-order valence-corrected chi connectivity index (χ4v) is 5.82. The van der Waals surface area contributed by atoms with E-state index in [1.807, 2.05) is 44.2 Å². The summed E-state index contributed by atoms with van der Waals surface area (Å²) in [4.78, 5) is 13.4. The minimum Gasteiger partial charge on any atom is -0.447 e. The van der Waals surface area contributed by atoms with E-state index in [0.717, 1.165) is 5.56 Å². The molecule has 0 spiro atoms. The van der Waals surface area contributed by atoms with Gasteiger partial charge in [0.2, 0.25) is 10.0 Å². The summed E-state index contributed by atoms with van der Waals surface area (Å²) in [5.74, 6) is 0. The van der Waals surface area contributed by atoms with Gasteiger partial charge in [-0.2, -0.15) is 4.31 Å². The molecular formula is C21H24N2O5S. The molecule has 0 aliphatic carbocycles. The molecule has 8 heteroatoms. The predicted molar refractivity (Wildman–Crippen MR) is 108 cm³/mol. The Kier molecular flexibility index (Phi) is 5.33. The SMILES string of the molecule is C[C@@H]1CO[C@@H](c2ccccc2)[C@H](C)N1S(=O)(=O)c1ccc(N2CCOC2=O)cc1. The van der Waals surface area contributed by atoms with Gasteiger partial charge in [-0.3, -0.25) is 4.90 Å². The third kappa shape index (κ3) is 3.63. The lowest BCUT2D eigenvalue weighted by molar-refractivity contribution is -0.0617. The number of amides is 1. The van der Waals surface area contributed by atoms with Gasteiger partial charge in [0.25, 0.3) is 0 Å². The Morgan fingerprint density at radius 3 is 2.31 bits per heavy atom. The maximum Gasteiger partial charge on any atom is 0.414 e. The Morgan fingerprint density at radius 1 is 1.00 bits per heavy atom. The highest BCUT2D eigenvalue weighted by Gasteiger charge is 2.41. The number of carbonyl (C=O) groups is 1. The molecule has 29 heavy (non-hydrogen) atoms. The highest BCUT2D eigenvalue weighted by atomic mass is 32.2. The standard InChI is InChI=1S/C21H24N2O5S/c1-15-14-28-20(17-6-4-3-5-7-17)16(2)23(15)29(25,26)19-10-8-18(9-11-19)22-12-13-27-21(22)24/h3-11,15-16,20H,12-14H2,1-2H3/t15-,16+,20-/m1/s1. The quantitative estimate of drug-likeness (QED) is 0.765. The van der Waals surface area contributed by atoms with Crippen LogP contribution in [0.3, 0.4) is 0 Å². The van der Waals surface area contributed by atoms with Crippen molar-refractivity contribution in [3.8, 4) is 0 Å². The van der Waals surface area contributed by atoms with E-state index in [2.05, 4.69) is 0 Å². The Balaban J connectivity index is 1.62. The van der Waals surface area contributed by atoms with Gasteiger partial charge >= 0.3 is 6.09 Å². The first kappa shape index (κ1) is 19.9. The van der Waals surface area contributed by atoms with E-state index in [0.29, 0.717) is 25.4 Å². The van der Waals surface area contributed by atoms with Crippen LogP contribution in [0.4, 0.5) is 10.5 Å². The summed E-state index contributed by atoms with van der Waals surface area (Å²) in [6.45, 7) is 4.84. The highest BCUT2D eigenvalue weighted by molar-refractivity contribution is 7.89. The van der Waals surface area contributed by atoms with Crippen LogP contribution in [-0.4, -0.2) is 50.7 Å². The van der Waals surface area contributed by atoms with Gasteiger partial charge in [-0.05, 0) is 43.7 Å². The smallest absolute Gasteiger partial charge is 0.414 e. The first-order chi connectivity index (χ1) is 13.9. The monoisotopic (exact) mass is 416 g/mol. The second kappa shape index (κ2) is 7.78. The number of carbonyl (C=O) groups excluding carboxylic acids is 1. The summed E-state index contributed by atoms with van der Waals surface area (Å²) in [5.41, 5.74) is 1.58. The Hall–Kier alpha value is -2.42. The number of morpholine rings is 1. The molecule has 2 heterocycles. The molecule has 0 aromatic heterocycles. The van der Waals surface area contributed by atoms with Gasteiger partial charge in [0.05, 0.1) is 30.2 Å². The van der Waals surface area contributed by atoms with Gasteiger partial charge < -0.3 is 9.47 Å². The van der Waals surface area contributed by atoms with Crippen molar-refractivity contribution in [2.75, 3.05) is 24.7 Å². The van der Waals surface area contributed by atoms with Crippen molar-refractivity contribution in [1.82, 2.24) is 4.31 Å². The van der Waals surface area contributed by atoms with Crippen molar-refractivity contribution in [2.24, 2.45) is 0 Å². The molecule has 2 aliphatic heterocycles. The lowest BCUT2D eigenvalue weighted by Gasteiger charge is -2.42. The second-order valence-corrected chi connectivity index (χ2v) is 9.19. The molecule has 2 aliphatic rings. The lowest BCUT2D eigenvalue weighted by Crippen LogP contribution is -2.53. The van der Waals surface area contributed by atoms with Crippen molar-refractivity contribution in [2.45, 2.75) is 36.9 Å². The largest absolute Gasteiger partial charge is 0.447 e. The molecule has 154 valence electrons. The summed E-state index contributed by atoms with van der Waals surface area (Å²) < 4.78 is 39.4. The second-order valence-electron chi connectivity index (χ2n) is 7.35. The van der Waals surface area contributed by atoms with Crippen molar-refractivity contribution < 1.29 is 22.7 Å². The number of hydrogen-bond acceptors (Lipinski definition) is 5. The number of nitrogens with zero attached hydrogens (tertiary/aromatic N) is 2. The number of rotatable bonds is 4. The number of benzene rings is 2. The van der Waals surface area contributed by atoms with Gasteiger partial charge in [0, 0.05) is 11.7 Å². The zero-order valence-corrected chi connectivity index (χ0v) is 17.2. The van der Waals surface area contributed by atoms with E-state index < -0.39 is 16.1 Å². The molecule has 0 saturated carbocycles. The fourth-order valence-electron chi connectivity index (χ4n) is 4.01. The maximum atomic E-state index is 13.4. The molecule has 3 atom stereocenters.